The van der Waals surface area contributed by atoms with Crippen LogP contribution in [0.2, 0.25) is 0 Å². The van der Waals surface area contributed by atoms with Gasteiger partial charge in [-0.25, -0.2) is 0 Å². The van der Waals surface area contributed by atoms with Crippen molar-refractivity contribution < 1.29 is 4.74 Å². The zero-order valence-electron chi connectivity index (χ0n) is 10.9. The normalized spacial score (nSPS) is 23.9. The highest BCUT2D eigenvalue weighted by Gasteiger charge is 2.30. The van der Waals surface area contributed by atoms with Crippen molar-refractivity contribution in [3.05, 3.63) is 35.9 Å². The minimum atomic E-state index is 0. The quantitative estimate of drug-likeness (QED) is 0.831. The van der Waals surface area contributed by atoms with Gasteiger partial charge in [-0.1, -0.05) is 30.3 Å². The molecule has 102 valence electrons. The highest BCUT2D eigenvalue weighted by molar-refractivity contribution is 5.85. The molecule has 2 atom stereocenters. The SMILES string of the molecule is CCOCCN1C[C@@H](N)[C@H](c2ccccc2)C1.Cl. The lowest BCUT2D eigenvalue weighted by atomic mass is 9.95. The molecule has 3 nitrogen and oxygen atoms in total. The summed E-state index contributed by atoms with van der Waals surface area (Å²) in [5.41, 5.74) is 7.58. The van der Waals surface area contributed by atoms with Gasteiger partial charge in [0, 0.05) is 38.2 Å². The Morgan fingerprint density at radius 2 is 2.00 bits per heavy atom. The van der Waals surface area contributed by atoms with Crippen molar-refractivity contribution in [1.29, 1.82) is 0 Å². The lowest BCUT2D eigenvalue weighted by Gasteiger charge is -2.15. The van der Waals surface area contributed by atoms with Crippen LogP contribution in [-0.2, 0) is 4.74 Å². The molecular formula is C14H23ClN2O. The summed E-state index contributed by atoms with van der Waals surface area (Å²) in [5, 5.41) is 0. The van der Waals surface area contributed by atoms with E-state index in [0.29, 0.717) is 5.92 Å². The molecule has 0 amide bonds. The summed E-state index contributed by atoms with van der Waals surface area (Å²) < 4.78 is 5.39. The van der Waals surface area contributed by atoms with Gasteiger partial charge in [0.2, 0.25) is 0 Å². The first-order valence-corrected chi connectivity index (χ1v) is 6.42. The van der Waals surface area contributed by atoms with Gasteiger partial charge < -0.3 is 10.5 Å². The molecule has 0 unspecified atom stereocenters. The van der Waals surface area contributed by atoms with Crippen LogP contribution in [-0.4, -0.2) is 43.8 Å². The molecule has 4 heteroatoms. The molecule has 2 rings (SSSR count). The predicted octanol–water partition coefficient (Wildman–Crippen LogP) is 1.87. The van der Waals surface area contributed by atoms with E-state index < -0.39 is 0 Å². The number of likely N-dealkylation sites (tertiary alicyclic amines) is 1. The van der Waals surface area contributed by atoms with Crippen molar-refractivity contribution in [3.8, 4) is 0 Å². The van der Waals surface area contributed by atoms with Crippen molar-refractivity contribution in [2.24, 2.45) is 5.73 Å². The number of ether oxygens (including phenoxy) is 1. The van der Waals surface area contributed by atoms with Crippen molar-refractivity contribution in [1.82, 2.24) is 4.90 Å². The fourth-order valence-electron chi connectivity index (χ4n) is 2.49. The monoisotopic (exact) mass is 270 g/mol. The highest BCUT2D eigenvalue weighted by Crippen LogP contribution is 2.25. The van der Waals surface area contributed by atoms with Crippen LogP contribution in [0, 0.1) is 0 Å². The lowest BCUT2D eigenvalue weighted by Crippen LogP contribution is -2.30. The molecule has 0 spiro atoms. The summed E-state index contributed by atoms with van der Waals surface area (Å²) in [5.74, 6) is 0.470. The molecule has 0 aromatic heterocycles. The van der Waals surface area contributed by atoms with E-state index >= 15 is 0 Å². The summed E-state index contributed by atoms with van der Waals surface area (Å²) in [6.45, 7) is 6.66. The fraction of sp³-hybridized carbons (Fsp3) is 0.571. The van der Waals surface area contributed by atoms with Gasteiger partial charge >= 0.3 is 0 Å². The number of nitrogens with two attached hydrogens (primary N) is 1. The first-order valence-electron chi connectivity index (χ1n) is 6.42. The van der Waals surface area contributed by atoms with E-state index in [-0.39, 0.29) is 18.4 Å². The van der Waals surface area contributed by atoms with Crippen LogP contribution in [0.15, 0.2) is 30.3 Å². The largest absolute Gasteiger partial charge is 0.380 e. The third-order valence-electron chi connectivity index (χ3n) is 3.42. The summed E-state index contributed by atoms with van der Waals surface area (Å²) in [6.07, 6.45) is 0. The Kier molecular flexibility index (Phi) is 6.65. The standard InChI is InChI=1S/C14H22N2O.ClH/c1-2-17-9-8-16-10-13(14(15)11-16)12-6-4-3-5-7-12;/h3-7,13-14H,2,8-11,15H2,1H3;1H/t13-,14+;/m0./s1. The summed E-state index contributed by atoms with van der Waals surface area (Å²) in [4.78, 5) is 2.40. The molecule has 18 heavy (non-hydrogen) atoms. The fourth-order valence-corrected chi connectivity index (χ4v) is 2.49. The van der Waals surface area contributed by atoms with Crippen molar-refractivity contribution in [3.63, 3.8) is 0 Å². The van der Waals surface area contributed by atoms with Crippen LogP contribution in [0.25, 0.3) is 0 Å². The summed E-state index contributed by atoms with van der Waals surface area (Å²) in [6, 6.07) is 10.8. The molecule has 0 bridgehead atoms. The topological polar surface area (TPSA) is 38.5 Å². The molecule has 1 heterocycles. The van der Waals surface area contributed by atoms with Crippen molar-refractivity contribution >= 4 is 12.4 Å². The van der Waals surface area contributed by atoms with Crippen molar-refractivity contribution in [2.45, 2.75) is 18.9 Å². The van der Waals surface area contributed by atoms with E-state index in [1.165, 1.54) is 5.56 Å². The number of nitrogens with zero attached hydrogens (tertiary/aromatic N) is 1. The van der Waals surface area contributed by atoms with Crippen LogP contribution >= 0.6 is 12.4 Å². The number of hydrogen-bond donors (Lipinski definition) is 1. The maximum atomic E-state index is 6.22. The van der Waals surface area contributed by atoms with Crippen molar-refractivity contribution in [2.75, 3.05) is 32.8 Å². The molecule has 1 saturated heterocycles. The van der Waals surface area contributed by atoms with Crippen LogP contribution in [0.3, 0.4) is 0 Å². The average molecular weight is 271 g/mol. The zero-order chi connectivity index (χ0) is 12.1. The molecule has 1 aromatic carbocycles. The third kappa shape index (κ3) is 3.95. The molecule has 0 saturated carbocycles. The van der Waals surface area contributed by atoms with Crippen LogP contribution in [0.4, 0.5) is 0 Å². The van der Waals surface area contributed by atoms with Gasteiger partial charge in [0.05, 0.1) is 6.61 Å². The Morgan fingerprint density at radius 3 is 2.67 bits per heavy atom. The van der Waals surface area contributed by atoms with E-state index in [1.54, 1.807) is 0 Å². The Labute approximate surface area is 116 Å². The molecule has 0 aliphatic carbocycles. The van der Waals surface area contributed by atoms with Gasteiger partial charge in [0.1, 0.15) is 0 Å². The Hall–Kier alpha value is -0.610. The van der Waals surface area contributed by atoms with Gasteiger partial charge in [-0.3, -0.25) is 4.90 Å². The molecular weight excluding hydrogens is 248 g/mol. The van der Waals surface area contributed by atoms with Gasteiger partial charge in [0.15, 0.2) is 0 Å². The molecule has 1 aliphatic heterocycles. The summed E-state index contributed by atoms with van der Waals surface area (Å²) >= 11 is 0. The molecule has 0 radical (unpaired) electrons. The predicted molar refractivity (Wildman–Crippen MR) is 77.3 cm³/mol. The smallest absolute Gasteiger partial charge is 0.0593 e. The second-order valence-electron chi connectivity index (χ2n) is 4.64. The maximum absolute atomic E-state index is 6.22. The van der Waals surface area contributed by atoms with E-state index in [9.17, 15) is 0 Å². The first-order chi connectivity index (χ1) is 8.31. The van der Waals surface area contributed by atoms with Gasteiger partial charge in [-0.05, 0) is 12.5 Å². The Bertz CT molecular complexity index is 334. The number of rotatable bonds is 5. The average Bonchev–Trinajstić information content (AvgIpc) is 2.72. The second-order valence-corrected chi connectivity index (χ2v) is 4.64. The first kappa shape index (κ1) is 15.4. The van der Waals surface area contributed by atoms with Gasteiger partial charge in [-0.2, -0.15) is 0 Å². The Morgan fingerprint density at radius 1 is 1.28 bits per heavy atom. The van der Waals surface area contributed by atoms with E-state index in [0.717, 1.165) is 32.8 Å². The molecule has 1 fully saturated rings. The van der Waals surface area contributed by atoms with Crippen LogP contribution in [0.5, 0.6) is 0 Å². The Balaban J connectivity index is 0.00000162. The van der Waals surface area contributed by atoms with E-state index in [2.05, 4.69) is 35.2 Å². The number of benzene rings is 1. The third-order valence-corrected chi connectivity index (χ3v) is 3.42. The number of halogens is 1. The highest BCUT2D eigenvalue weighted by atomic mass is 35.5. The minimum Gasteiger partial charge on any atom is -0.380 e. The van der Waals surface area contributed by atoms with Crippen LogP contribution in [0.1, 0.15) is 18.4 Å². The molecule has 2 N–H and O–H groups in total. The van der Waals surface area contributed by atoms with Gasteiger partial charge in [-0.15, -0.1) is 12.4 Å². The second kappa shape index (κ2) is 7.74. The molecule has 1 aliphatic rings. The van der Waals surface area contributed by atoms with Gasteiger partial charge in [0.25, 0.3) is 0 Å². The summed E-state index contributed by atoms with van der Waals surface area (Å²) in [7, 11) is 0. The zero-order valence-corrected chi connectivity index (χ0v) is 11.7. The van der Waals surface area contributed by atoms with E-state index in [1.807, 2.05) is 6.92 Å². The minimum absolute atomic E-state index is 0. The maximum Gasteiger partial charge on any atom is 0.0593 e. The van der Waals surface area contributed by atoms with Crippen LogP contribution < -0.4 is 5.73 Å². The molecule has 1 aromatic rings. The van der Waals surface area contributed by atoms with E-state index in [4.69, 9.17) is 10.5 Å². The lowest BCUT2D eigenvalue weighted by molar-refractivity contribution is 0.121. The number of hydrogen-bond acceptors (Lipinski definition) is 3.